The SMILES string of the molecule is CCCOc1cccc(Br)c1-c1nc2c(c(C)nn2CCC)c(=O)[nH]1. The summed E-state index contributed by atoms with van der Waals surface area (Å²) in [6, 6.07) is 5.70. The minimum Gasteiger partial charge on any atom is -0.493 e. The Kier molecular flexibility index (Phi) is 5.22. The van der Waals surface area contributed by atoms with Crippen LogP contribution in [0.3, 0.4) is 0 Å². The van der Waals surface area contributed by atoms with E-state index < -0.39 is 0 Å². The summed E-state index contributed by atoms with van der Waals surface area (Å²) in [4.78, 5) is 20.2. The van der Waals surface area contributed by atoms with Crippen LogP contribution in [0.4, 0.5) is 0 Å². The van der Waals surface area contributed by atoms with Crippen LogP contribution in [-0.4, -0.2) is 26.4 Å². The first-order valence-electron chi connectivity index (χ1n) is 8.45. The number of aromatic nitrogens is 4. The molecule has 0 saturated heterocycles. The zero-order valence-electron chi connectivity index (χ0n) is 14.6. The van der Waals surface area contributed by atoms with Gasteiger partial charge in [0.25, 0.3) is 5.56 Å². The van der Waals surface area contributed by atoms with Crippen molar-refractivity contribution < 1.29 is 4.74 Å². The Morgan fingerprint density at radius 3 is 2.80 bits per heavy atom. The Morgan fingerprint density at radius 1 is 1.28 bits per heavy atom. The summed E-state index contributed by atoms with van der Waals surface area (Å²) in [7, 11) is 0. The molecule has 6 nitrogen and oxygen atoms in total. The largest absolute Gasteiger partial charge is 0.493 e. The van der Waals surface area contributed by atoms with Crippen LogP contribution in [0.5, 0.6) is 5.75 Å². The van der Waals surface area contributed by atoms with E-state index in [1.807, 2.05) is 25.1 Å². The molecule has 1 aromatic carbocycles. The van der Waals surface area contributed by atoms with E-state index in [4.69, 9.17) is 9.72 Å². The molecule has 0 saturated carbocycles. The maximum Gasteiger partial charge on any atom is 0.262 e. The third-order valence-electron chi connectivity index (χ3n) is 3.89. The Balaban J connectivity index is 2.23. The Hall–Kier alpha value is -2.15. The number of nitrogens with one attached hydrogen (secondary N) is 1. The average molecular weight is 405 g/mol. The van der Waals surface area contributed by atoms with Gasteiger partial charge in [-0.1, -0.05) is 19.9 Å². The minimum atomic E-state index is -0.183. The van der Waals surface area contributed by atoms with Gasteiger partial charge in [0, 0.05) is 11.0 Å². The van der Waals surface area contributed by atoms with Crippen molar-refractivity contribution in [2.75, 3.05) is 6.61 Å². The summed E-state index contributed by atoms with van der Waals surface area (Å²) in [5.74, 6) is 1.17. The van der Waals surface area contributed by atoms with E-state index in [0.717, 1.165) is 29.4 Å². The maximum atomic E-state index is 12.6. The van der Waals surface area contributed by atoms with Gasteiger partial charge in [0.15, 0.2) is 5.65 Å². The minimum absolute atomic E-state index is 0.183. The highest BCUT2D eigenvalue weighted by Crippen LogP contribution is 2.35. The molecule has 0 fully saturated rings. The monoisotopic (exact) mass is 404 g/mol. The molecule has 3 rings (SSSR count). The van der Waals surface area contributed by atoms with Gasteiger partial charge in [-0.05, 0) is 47.8 Å². The lowest BCUT2D eigenvalue weighted by atomic mass is 10.2. The van der Waals surface area contributed by atoms with Gasteiger partial charge in [0.1, 0.15) is 17.0 Å². The van der Waals surface area contributed by atoms with Gasteiger partial charge in [-0.3, -0.25) is 4.79 Å². The summed E-state index contributed by atoms with van der Waals surface area (Å²) >= 11 is 3.55. The summed E-state index contributed by atoms with van der Waals surface area (Å²) in [6.07, 6.45) is 1.82. The van der Waals surface area contributed by atoms with Crippen molar-refractivity contribution in [3.05, 3.63) is 38.7 Å². The average Bonchev–Trinajstić information content (AvgIpc) is 2.89. The molecule has 1 N–H and O–H groups in total. The molecule has 0 bridgehead atoms. The number of benzene rings is 1. The third-order valence-corrected chi connectivity index (χ3v) is 4.55. The Bertz CT molecular complexity index is 962. The topological polar surface area (TPSA) is 72.8 Å². The second-order valence-electron chi connectivity index (χ2n) is 5.88. The molecule has 0 radical (unpaired) electrons. The fourth-order valence-electron chi connectivity index (χ4n) is 2.81. The van der Waals surface area contributed by atoms with E-state index in [-0.39, 0.29) is 5.56 Å². The lowest BCUT2D eigenvalue weighted by Gasteiger charge is -2.12. The normalized spacial score (nSPS) is 11.2. The zero-order chi connectivity index (χ0) is 18.0. The van der Waals surface area contributed by atoms with E-state index in [0.29, 0.717) is 34.9 Å². The lowest BCUT2D eigenvalue weighted by molar-refractivity contribution is 0.318. The standard InChI is InChI=1S/C18H21BrN4O2/c1-4-9-23-17-14(11(3)22-23)18(24)21-16(20-17)15-12(19)7-6-8-13(15)25-10-5-2/h6-8H,4-5,9-10H2,1-3H3,(H,20,21,24). The second kappa shape index (κ2) is 7.39. The van der Waals surface area contributed by atoms with Crippen molar-refractivity contribution in [1.29, 1.82) is 0 Å². The molecule has 0 amide bonds. The number of hydrogen-bond donors (Lipinski definition) is 1. The predicted molar refractivity (Wildman–Crippen MR) is 102 cm³/mol. The molecule has 3 aromatic rings. The molecular formula is C18H21BrN4O2. The third kappa shape index (κ3) is 3.33. The van der Waals surface area contributed by atoms with Crippen LogP contribution >= 0.6 is 15.9 Å². The summed E-state index contributed by atoms with van der Waals surface area (Å²) in [5, 5.41) is 5.00. The van der Waals surface area contributed by atoms with E-state index >= 15 is 0 Å². The van der Waals surface area contributed by atoms with E-state index in [1.165, 1.54) is 0 Å². The summed E-state index contributed by atoms with van der Waals surface area (Å²) in [6.45, 7) is 7.27. The van der Waals surface area contributed by atoms with Gasteiger partial charge < -0.3 is 9.72 Å². The number of ether oxygens (including phenoxy) is 1. The maximum absolute atomic E-state index is 12.6. The highest BCUT2D eigenvalue weighted by atomic mass is 79.9. The summed E-state index contributed by atoms with van der Waals surface area (Å²) in [5.41, 5.74) is 1.86. The highest BCUT2D eigenvalue weighted by molar-refractivity contribution is 9.10. The van der Waals surface area contributed by atoms with Gasteiger partial charge in [-0.25, -0.2) is 9.67 Å². The molecule has 0 aliphatic heterocycles. The number of fused-ring (bicyclic) bond motifs is 1. The molecule has 0 unspecified atom stereocenters. The molecule has 132 valence electrons. The van der Waals surface area contributed by atoms with Crippen LogP contribution < -0.4 is 10.3 Å². The van der Waals surface area contributed by atoms with Crippen molar-refractivity contribution in [2.24, 2.45) is 0 Å². The fourth-order valence-corrected chi connectivity index (χ4v) is 3.34. The predicted octanol–water partition coefficient (Wildman–Crippen LogP) is 4.06. The van der Waals surface area contributed by atoms with Crippen LogP contribution in [0.15, 0.2) is 27.5 Å². The number of H-pyrrole nitrogens is 1. The molecule has 0 atom stereocenters. The van der Waals surface area contributed by atoms with Crippen LogP contribution in [0.2, 0.25) is 0 Å². The first-order valence-corrected chi connectivity index (χ1v) is 9.25. The number of rotatable bonds is 6. The van der Waals surface area contributed by atoms with Gasteiger partial charge in [-0.2, -0.15) is 5.10 Å². The molecule has 0 spiro atoms. The number of aryl methyl sites for hydroxylation is 2. The lowest BCUT2D eigenvalue weighted by Crippen LogP contribution is -2.12. The first kappa shape index (κ1) is 17.7. The van der Waals surface area contributed by atoms with E-state index in [2.05, 4.69) is 39.9 Å². The van der Waals surface area contributed by atoms with Gasteiger partial charge in [0.05, 0.1) is 17.9 Å². The molecule has 0 aliphatic carbocycles. The Morgan fingerprint density at radius 2 is 2.08 bits per heavy atom. The zero-order valence-corrected chi connectivity index (χ0v) is 16.2. The van der Waals surface area contributed by atoms with Crippen molar-refractivity contribution in [2.45, 2.75) is 40.2 Å². The fraction of sp³-hybridized carbons (Fsp3) is 0.389. The van der Waals surface area contributed by atoms with Crippen molar-refractivity contribution in [3.8, 4) is 17.1 Å². The quantitative estimate of drug-likeness (QED) is 0.672. The highest BCUT2D eigenvalue weighted by Gasteiger charge is 2.18. The van der Waals surface area contributed by atoms with Crippen LogP contribution in [0, 0.1) is 6.92 Å². The number of aromatic amines is 1. The van der Waals surface area contributed by atoms with Crippen LogP contribution in [0.25, 0.3) is 22.4 Å². The van der Waals surface area contributed by atoms with Crippen molar-refractivity contribution >= 4 is 27.0 Å². The number of hydrogen-bond acceptors (Lipinski definition) is 4. The van der Waals surface area contributed by atoms with Crippen molar-refractivity contribution in [1.82, 2.24) is 19.7 Å². The van der Waals surface area contributed by atoms with Gasteiger partial charge in [-0.15, -0.1) is 0 Å². The molecular weight excluding hydrogens is 384 g/mol. The van der Waals surface area contributed by atoms with E-state index in [1.54, 1.807) is 4.68 Å². The molecule has 7 heteroatoms. The Labute approximate surface area is 154 Å². The van der Waals surface area contributed by atoms with Gasteiger partial charge in [0.2, 0.25) is 0 Å². The van der Waals surface area contributed by atoms with E-state index in [9.17, 15) is 4.79 Å². The summed E-state index contributed by atoms with van der Waals surface area (Å²) < 4.78 is 8.46. The first-order chi connectivity index (χ1) is 12.1. The molecule has 2 aromatic heterocycles. The van der Waals surface area contributed by atoms with Crippen molar-refractivity contribution in [3.63, 3.8) is 0 Å². The molecule has 25 heavy (non-hydrogen) atoms. The second-order valence-corrected chi connectivity index (χ2v) is 6.74. The molecule has 0 aliphatic rings. The van der Waals surface area contributed by atoms with Crippen LogP contribution in [0.1, 0.15) is 32.4 Å². The number of halogens is 1. The number of nitrogens with zero attached hydrogens (tertiary/aromatic N) is 3. The molecule has 2 heterocycles. The smallest absolute Gasteiger partial charge is 0.262 e. The van der Waals surface area contributed by atoms with Crippen LogP contribution in [-0.2, 0) is 6.54 Å². The van der Waals surface area contributed by atoms with Gasteiger partial charge >= 0.3 is 0 Å².